The van der Waals surface area contributed by atoms with Gasteiger partial charge in [-0.1, -0.05) is 80.6 Å². The SMILES string of the molecule is CCCN(CCC)S(=O)(=O)c1ccc(C(=O)Nc2cc3ccccc3cc2C(=O)NCc2cccc3ccccc23)cc1. The number of nitrogens with one attached hydrogen (secondary N) is 2. The molecule has 0 aliphatic heterocycles. The quantitative estimate of drug-likeness (QED) is 0.173. The van der Waals surface area contributed by atoms with Crippen LogP contribution in [0.4, 0.5) is 5.69 Å². The average molecular weight is 594 g/mol. The van der Waals surface area contributed by atoms with E-state index in [4.69, 9.17) is 0 Å². The molecule has 0 fully saturated rings. The molecule has 7 nitrogen and oxygen atoms in total. The van der Waals surface area contributed by atoms with Crippen molar-refractivity contribution in [2.75, 3.05) is 18.4 Å². The topological polar surface area (TPSA) is 95.6 Å². The van der Waals surface area contributed by atoms with E-state index in [-0.39, 0.29) is 16.4 Å². The molecule has 0 bridgehead atoms. The highest BCUT2D eigenvalue weighted by molar-refractivity contribution is 7.89. The van der Waals surface area contributed by atoms with Gasteiger partial charge in [-0.05, 0) is 76.3 Å². The lowest BCUT2D eigenvalue weighted by molar-refractivity contribution is 0.0952. The van der Waals surface area contributed by atoms with Crippen molar-refractivity contribution < 1.29 is 18.0 Å². The summed E-state index contributed by atoms with van der Waals surface area (Å²) in [5, 5.41) is 9.81. The molecule has 2 N–H and O–H groups in total. The van der Waals surface area contributed by atoms with Gasteiger partial charge in [0.2, 0.25) is 10.0 Å². The van der Waals surface area contributed by atoms with Crippen molar-refractivity contribution in [3.8, 4) is 0 Å². The molecule has 0 aromatic heterocycles. The predicted octanol–water partition coefficient (Wildman–Crippen LogP) is 6.99. The zero-order valence-corrected chi connectivity index (χ0v) is 25.2. The summed E-state index contributed by atoms with van der Waals surface area (Å²) in [5.74, 6) is -0.760. The van der Waals surface area contributed by atoms with Crippen LogP contribution in [-0.4, -0.2) is 37.6 Å². The fraction of sp³-hybridized carbons (Fsp3) is 0.200. The molecule has 43 heavy (non-hydrogen) atoms. The van der Waals surface area contributed by atoms with E-state index in [2.05, 4.69) is 10.6 Å². The molecule has 220 valence electrons. The Kier molecular flexibility index (Phi) is 9.19. The maximum absolute atomic E-state index is 13.5. The fourth-order valence-corrected chi connectivity index (χ4v) is 6.85. The fourth-order valence-electron chi connectivity index (χ4n) is 5.22. The van der Waals surface area contributed by atoms with Crippen LogP contribution >= 0.6 is 0 Å². The van der Waals surface area contributed by atoms with Crippen LogP contribution < -0.4 is 10.6 Å². The first kappa shape index (κ1) is 29.9. The maximum atomic E-state index is 13.5. The highest BCUT2D eigenvalue weighted by atomic mass is 32.2. The number of carbonyl (C=O) groups is 2. The van der Waals surface area contributed by atoms with Crippen LogP contribution in [0.15, 0.2) is 108 Å². The Hall–Kier alpha value is -4.53. The number of rotatable bonds is 11. The zero-order chi connectivity index (χ0) is 30.4. The predicted molar refractivity (Wildman–Crippen MR) is 173 cm³/mol. The smallest absolute Gasteiger partial charge is 0.255 e. The van der Waals surface area contributed by atoms with Gasteiger partial charge in [0.05, 0.1) is 16.1 Å². The second kappa shape index (κ2) is 13.2. The monoisotopic (exact) mass is 593 g/mol. The standard InChI is InChI=1S/C35H35N3O4S/c1-3-20-38(21-4-2)43(41,42)30-18-16-26(17-19-30)34(39)37-33-23-28-12-6-5-11-27(28)22-32(33)35(40)36-24-29-14-9-13-25-10-7-8-15-31(25)29/h5-19,22-23H,3-4,20-21,24H2,1-2H3,(H,36,40)(H,37,39). The van der Waals surface area contributed by atoms with Gasteiger partial charge in [-0.15, -0.1) is 0 Å². The van der Waals surface area contributed by atoms with E-state index in [1.807, 2.05) is 80.6 Å². The second-order valence-corrected chi connectivity index (χ2v) is 12.4. The molecular weight excluding hydrogens is 558 g/mol. The molecule has 5 aromatic rings. The van der Waals surface area contributed by atoms with E-state index >= 15 is 0 Å². The van der Waals surface area contributed by atoms with Crippen LogP contribution in [-0.2, 0) is 16.6 Å². The Morgan fingerprint density at radius 3 is 1.98 bits per heavy atom. The Morgan fingerprint density at radius 2 is 1.30 bits per heavy atom. The number of amides is 2. The summed E-state index contributed by atoms with van der Waals surface area (Å²) in [5.41, 5.74) is 1.98. The van der Waals surface area contributed by atoms with E-state index < -0.39 is 15.9 Å². The van der Waals surface area contributed by atoms with Crippen LogP contribution in [0.3, 0.4) is 0 Å². The highest BCUT2D eigenvalue weighted by Crippen LogP contribution is 2.26. The lowest BCUT2D eigenvalue weighted by atomic mass is 10.0. The molecule has 0 radical (unpaired) electrons. The van der Waals surface area contributed by atoms with Crippen molar-refractivity contribution >= 4 is 49.1 Å². The minimum absolute atomic E-state index is 0.144. The molecule has 0 heterocycles. The van der Waals surface area contributed by atoms with Crippen molar-refractivity contribution in [3.63, 3.8) is 0 Å². The van der Waals surface area contributed by atoms with Crippen molar-refractivity contribution in [3.05, 3.63) is 120 Å². The Balaban J connectivity index is 1.39. The van der Waals surface area contributed by atoms with Crippen LogP contribution in [0.25, 0.3) is 21.5 Å². The molecule has 0 atom stereocenters. The number of benzene rings is 5. The van der Waals surface area contributed by atoms with E-state index in [0.29, 0.717) is 43.7 Å². The summed E-state index contributed by atoms with van der Waals surface area (Å²) in [6, 6.07) is 31.1. The summed E-state index contributed by atoms with van der Waals surface area (Å²) >= 11 is 0. The van der Waals surface area contributed by atoms with Gasteiger partial charge < -0.3 is 10.6 Å². The molecule has 0 aliphatic rings. The second-order valence-electron chi connectivity index (χ2n) is 10.4. The van der Waals surface area contributed by atoms with Gasteiger partial charge in [-0.2, -0.15) is 4.31 Å². The number of hydrogen-bond acceptors (Lipinski definition) is 4. The summed E-state index contributed by atoms with van der Waals surface area (Å²) in [4.78, 5) is 27.0. The van der Waals surface area contributed by atoms with Gasteiger partial charge in [0.15, 0.2) is 0 Å². The highest BCUT2D eigenvalue weighted by Gasteiger charge is 2.23. The van der Waals surface area contributed by atoms with Crippen LogP contribution in [0.2, 0.25) is 0 Å². The molecule has 5 rings (SSSR count). The Morgan fingerprint density at radius 1 is 0.698 bits per heavy atom. The third kappa shape index (κ3) is 6.61. The van der Waals surface area contributed by atoms with Gasteiger partial charge in [0, 0.05) is 25.2 Å². The van der Waals surface area contributed by atoms with Crippen LogP contribution in [0.1, 0.15) is 53.0 Å². The van der Waals surface area contributed by atoms with Crippen molar-refractivity contribution in [1.82, 2.24) is 9.62 Å². The minimum atomic E-state index is -3.66. The van der Waals surface area contributed by atoms with E-state index in [0.717, 1.165) is 27.1 Å². The Bertz CT molecular complexity index is 1870. The lowest BCUT2D eigenvalue weighted by Gasteiger charge is -2.21. The molecule has 8 heteroatoms. The minimum Gasteiger partial charge on any atom is -0.348 e. The molecular formula is C35H35N3O4S. The van der Waals surface area contributed by atoms with Crippen molar-refractivity contribution in [1.29, 1.82) is 0 Å². The normalized spacial score (nSPS) is 11.6. The summed E-state index contributed by atoms with van der Waals surface area (Å²) in [6.07, 6.45) is 1.42. The molecule has 0 aliphatic carbocycles. The molecule has 0 saturated carbocycles. The lowest BCUT2D eigenvalue weighted by Crippen LogP contribution is -2.32. The molecule has 0 unspecified atom stereocenters. The summed E-state index contributed by atoms with van der Waals surface area (Å²) < 4.78 is 27.8. The first-order valence-electron chi connectivity index (χ1n) is 14.5. The third-order valence-corrected chi connectivity index (χ3v) is 9.31. The van der Waals surface area contributed by atoms with Crippen LogP contribution in [0, 0.1) is 0 Å². The number of sulfonamides is 1. The van der Waals surface area contributed by atoms with Gasteiger partial charge in [0.25, 0.3) is 11.8 Å². The first-order valence-corrected chi connectivity index (χ1v) is 15.9. The maximum Gasteiger partial charge on any atom is 0.255 e. The number of nitrogens with zero attached hydrogens (tertiary/aromatic N) is 1. The van der Waals surface area contributed by atoms with Gasteiger partial charge in [-0.25, -0.2) is 8.42 Å². The Labute approximate surface area is 252 Å². The number of hydrogen-bond donors (Lipinski definition) is 2. The van der Waals surface area contributed by atoms with E-state index in [1.54, 1.807) is 12.1 Å². The van der Waals surface area contributed by atoms with Gasteiger partial charge in [-0.3, -0.25) is 9.59 Å². The molecule has 0 saturated heterocycles. The van der Waals surface area contributed by atoms with E-state index in [9.17, 15) is 18.0 Å². The summed E-state index contributed by atoms with van der Waals surface area (Å²) in [6.45, 7) is 5.08. The average Bonchev–Trinajstić information content (AvgIpc) is 3.03. The number of anilines is 1. The number of fused-ring (bicyclic) bond motifs is 2. The molecule has 2 amide bonds. The molecule has 0 spiro atoms. The first-order chi connectivity index (χ1) is 20.8. The zero-order valence-electron chi connectivity index (χ0n) is 24.3. The van der Waals surface area contributed by atoms with E-state index in [1.165, 1.54) is 28.6 Å². The van der Waals surface area contributed by atoms with Crippen molar-refractivity contribution in [2.45, 2.75) is 38.1 Å². The molecule has 5 aromatic carbocycles. The number of carbonyl (C=O) groups excluding carboxylic acids is 2. The third-order valence-electron chi connectivity index (χ3n) is 7.40. The van der Waals surface area contributed by atoms with Gasteiger partial charge >= 0.3 is 0 Å². The summed E-state index contributed by atoms with van der Waals surface area (Å²) in [7, 11) is -3.66. The van der Waals surface area contributed by atoms with Crippen LogP contribution in [0.5, 0.6) is 0 Å². The van der Waals surface area contributed by atoms with Crippen molar-refractivity contribution in [2.24, 2.45) is 0 Å². The van der Waals surface area contributed by atoms with Gasteiger partial charge in [0.1, 0.15) is 0 Å². The largest absolute Gasteiger partial charge is 0.348 e.